The fourth-order valence-corrected chi connectivity index (χ4v) is 4.78. The number of hydrogen-bond donors (Lipinski definition) is 1. The number of amides is 1. The number of anilines is 1. The van der Waals surface area contributed by atoms with Gasteiger partial charge in [-0.2, -0.15) is 0 Å². The Kier molecular flexibility index (Phi) is 4.71. The van der Waals surface area contributed by atoms with Crippen LogP contribution in [0.15, 0.2) is 31.7 Å². The third-order valence-corrected chi connectivity index (χ3v) is 6.72. The molecule has 0 radical (unpaired) electrons. The first kappa shape index (κ1) is 14.6. The lowest BCUT2D eigenvalue weighted by Crippen LogP contribution is -2.16. The summed E-state index contributed by atoms with van der Waals surface area (Å²) in [5, 5.41) is 4.70. The lowest BCUT2D eigenvalue weighted by Gasteiger charge is -2.02. The molecule has 0 aromatic carbocycles. The molecule has 0 aliphatic rings. The highest BCUT2D eigenvalue weighted by atomic mass is 79.9. The molecular formula is C10H9BrN2O3S3. The van der Waals surface area contributed by atoms with E-state index in [-0.39, 0.29) is 22.3 Å². The summed E-state index contributed by atoms with van der Waals surface area (Å²) in [5.74, 6) is -0.562. The van der Waals surface area contributed by atoms with Gasteiger partial charge in [-0.3, -0.25) is 4.79 Å². The number of aromatic nitrogens is 1. The topological polar surface area (TPSA) is 76.1 Å². The second-order valence-corrected chi connectivity index (χ2v) is 9.21. The van der Waals surface area contributed by atoms with Gasteiger partial charge in [-0.1, -0.05) is 17.4 Å². The molecule has 0 aliphatic carbocycles. The Morgan fingerprint density at radius 2 is 2.26 bits per heavy atom. The lowest BCUT2D eigenvalue weighted by molar-refractivity contribution is -0.115. The largest absolute Gasteiger partial charge is 0.302 e. The summed E-state index contributed by atoms with van der Waals surface area (Å²) in [5.41, 5.74) is 0. The van der Waals surface area contributed by atoms with Crippen LogP contribution in [0.5, 0.6) is 0 Å². The van der Waals surface area contributed by atoms with Crippen LogP contribution in [0.3, 0.4) is 0 Å². The molecule has 1 amide bonds. The summed E-state index contributed by atoms with van der Waals surface area (Å²) in [4.78, 5) is 15.6. The van der Waals surface area contributed by atoms with E-state index in [2.05, 4.69) is 26.2 Å². The number of nitrogens with zero attached hydrogens (tertiary/aromatic N) is 1. The number of hydrogen-bond acceptors (Lipinski definition) is 6. The molecule has 5 nitrogen and oxygen atoms in total. The minimum Gasteiger partial charge on any atom is -0.302 e. The van der Waals surface area contributed by atoms with Gasteiger partial charge in [0.2, 0.25) is 5.91 Å². The number of carbonyl (C=O) groups is 1. The molecule has 0 saturated carbocycles. The van der Waals surface area contributed by atoms with Crippen molar-refractivity contribution in [1.82, 2.24) is 4.98 Å². The van der Waals surface area contributed by atoms with E-state index < -0.39 is 9.84 Å². The first-order valence-electron chi connectivity index (χ1n) is 5.15. The van der Waals surface area contributed by atoms with Crippen LogP contribution < -0.4 is 5.32 Å². The Balaban J connectivity index is 1.90. The van der Waals surface area contributed by atoms with Crippen molar-refractivity contribution < 1.29 is 13.2 Å². The van der Waals surface area contributed by atoms with Crippen molar-refractivity contribution in [2.24, 2.45) is 0 Å². The van der Waals surface area contributed by atoms with Crippen LogP contribution in [0.1, 0.15) is 6.42 Å². The van der Waals surface area contributed by atoms with Crippen LogP contribution >= 0.6 is 38.6 Å². The van der Waals surface area contributed by atoms with E-state index in [1.807, 2.05) is 0 Å². The van der Waals surface area contributed by atoms with Gasteiger partial charge in [0.25, 0.3) is 0 Å². The molecule has 2 heterocycles. The molecule has 1 N–H and O–H groups in total. The molecule has 0 aliphatic heterocycles. The number of rotatable bonds is 5. The summed E-state index contributed by atoms with van der Waals surface area (Å²) in [6, 6.07) is 3.21. The minimum absolute atomic E-state index is 0.0859. The van der Waals surface area contributed by atoms with Crippen LogP contribution in [0.4, 0.5) is 5.13 Å². The SMILES string of the molecule is O=C(CCS(=O)(=O)c1cccs1)Nc1ncc(Br)s1. The molecule has 2 rings (SSSR count). The number of carbonyl (C=O) groups excluding carboxylic acids is 1. The van der Waals surface area contributed by atoms with E-state index >= 15 is 0 Å². The average molecular weight is 381 g/mol. The zero-order chi connectivity index (χ0) is 13.9. The van der Waals surface area contributed by atoms with Crippen molar-refractivity contribution >= 4 is 59.5 Å². The smallest absolute Gasteiger partial charge is 0.227 e. The normalized spacial score (nSPS) is 11.4. The maximum absolute atomic E-state index is 11.9. The van der Waals surface area contributed by atoms with Gasteiger partial charge in [0.15, 0.2) is 15.0 Å². The summed E-state index contributed by atoms with van der Waals surface area (Å²) in [6.07, 6.45) is 1.49. The van der Waals surface area contributed by atoms with Crippen molar-refractivity contribution in [2.45, 2.75) is 10.6 Å². The standard InChI is InChI=1S/C10H9BrN2O3S3/c11-7-6-12-10(18-7)13-8(14)3-5-19(15,16)9-2-1-4-17-9/h1-2,4,6H,3,5H2,(H,12,13,14). The Hall–Kier alpha value is -0.770. The van der Waals surface area contributed by atoms with Crippen molar-refractivity contribution in [3.05, 3.63) is 27.5 Å². The van der Waals surface area contributed by atoms with E-state index in [0.717, 1.165) is 15.1 Å². The third-order valence-electron chi connectivity index (χ3n) is 2.12. The number of halogens is 1. The molecule has 0 fully saturated rings. The summed E-state index contributed by atoms with van der Waals surface area (Å²) in [7, 11) is -3.37. The second-order valence-electron chi connectivity index (χ2n) is 3.52. The van der Waals surface area contributed by atoms with Crippen molar-refractivity contribution in [3.63, 3.8) is 0 Å². The molecule has 0 saturated heterocycles. The van der Waals surface area contributed by atoms with Crippen LogP contribution in [-0.4, -0.2) is 25.1 Å². The Morgan fingerprint density at radius 1 is 1.47 bits per heavy atom. The van der Waals surface area contributed by atoms with Gasteiger partial charge in [0, 0.05) is 6.42 Å². The van der Waals surface area contributed by atoms with Crippen molar-refractivity contribution in [2.75, 3.05) is 11.1 Å². The predicted molar refractivity (Wildman–Crippen MR) is 79.4 cm³/mol. The van der Waals surface area contributed by atoms with E-state index in [9.17, 15) is 13.2 Å². The Bertz CT molecular complexity index is 664. The maximum Gasteiger partial charge on any atom is 0.227 e. The molecule has 0 spiro atoms. The number of thiophene rings is 1. The highest BCUT2D eigenvalue weighted by Crippen LogP contribution is 2.23. The Labute approximate surface area is 126 Å². The highest BCUT2D eigenvalue weighted by Gasteiger charge is 2.17. The van der Waals surface area contributed by atoms with E-state index in [1.165, 1.54) is 17.4 Å². The maximum atomic E-state index is 11.9. The molecule has 0 bridgehead atoms. The van der Waals surface area contributed by atoms with Gasteiger partial charge in [0.1, 0.15) is 4.21 Å². The highest BCUT2D eigenvalue weighted by molar-refractivity contribution is 9.11. The summed E-state index contributed by atoms with van der Waals surface area (Å²) >= 11 is 5.66. The monoisotopic (exact) mass is 380 g/mol. The summed E-state index contributed by atoms with van der Waals surface area (Å²) in [6.45, 7) is 0. The van der Waals surface area contributed by atoms with Crippen molar-refractivity contribution in [3.8, 4) is 0 Å². The molecule has 9 heteroatoms. The molecule has 2 aromatic rings. The van der Waals surface area contributed by atoms with Gasteiger partial charge in [-0.15, -0.1) is 11.3 Å². The number of thiazole rings is 1. The van der Waals surface area contributed by atoms with Crippen LogP contribution in [0.25, 0.3) is 0 Å². The average Bonchev–Trinajstić information content (AvgIpc) is 2.98. The van der Waals surface area contributed by atoms with Gasteiger partial charge in [-0.25, -0.2) is 13.4 Å². The fraction of sp³-hybridized carbons (Fsp3) is 0.200. The Morgan fingerprint density at radius 3 is 2.84 bits per heavy atom. The molecular weight excluding hydrogens is 372 g/mol. The molecule has 102 valence electrons. The van der Waals surface area contributed by atoms with Gasteiger partial charge in [-0.05, 0) is 27.4 Å². The van der Waals surface area contributed by atoms with Crippen LogP contribution in [-0.2, 0) is 14.6 Å². The molecule has 2 aromatic heterocycles. The van der Waals surface area contributed by atoms with E-state index in [4.69, 9.17) is 0 Å². The zero-order valence-corrected chi connectivity index (χ0v) is 13.5. The molecule has 0 unspecified atom stereocenters. The first-order valence-corrected chi connectivity index (χ1v) is 9.29. The second kappa shape index (κ2) is 6.12. The van der Waals surface area contributed by atoms with Gasteiger partial charge >= 0.3 is 0 Å². The zero-order valence-electron chi connectivity index (χ0n) is 9.50. The molecule has 19 heavy (non-hydrogen) atoms. The van der Waals surface area contributed by atoms with E-state index in [1.54, 1.807) is 17.6 Å². The first-order chi connectivity index (χ1) is 8.97. The lowest BCUT2D eigenvalue weighted by atomic mass is 10.5. The molecule has 0 atom stereocenters. The quantitative estimate of drug-likeness (QED) is 0.864. The number of sulfone groups is 1. The van der Waals surface area contributed by atoms with Gasteiger partial charge < -0.3 is 5.32 Å². The van der Waals surface area contributed by atoms with Crippen LogP contribution in [0.2, 0.25) is 0 Å². The van der Waals surface area contributed by atoms with Crippen LogP contribution in [0, 0.1) is 0 Å². The fourth-order valence-electron chi connectivity index (χ4n) is 1.26. The predicted octanol–water partition coefficient (Wildman–Crippen LogP) is 2.77. The van der Waals surface area contributed by atoms with E-state index in [0.29, 0.717) is 5.13 Å². The minimum atomic E-state index is -3.37. The number of nitrogens with one attached hydrogen (secondary N) is 1. The summed E-state index contributed by atoms with van der Waals surface area (Å²) < 4.78 is 24.8. The third kappa shape index (κ3) is 4.10. The van der Waals surface area contributed by atoms with Crippen molar-refractivity contribution in [1.29, 1.82) is 0 Å². The van der Waals surface area contributed by atoms with Gasteiger partial charge in [0.05, 0.1) is 15.7 Å².